The lowest BCUT2D eigenvalue weighted by molar-refractivity contribution is 0.112. The standard InChI is InChI=1S/C16H12N2O4/c19-9-11-8-18(12-2-4-13(20)5-3-12)17-16(11)10-1-6-14(21)15(22)7-10/h1-9,20-22H. The summed E-state index contributed by atoms with van der Waals surface area (Å²) in [5.74, 6) is -0.391. The fourth-order valence-corrected chi connectivity index (χ4v) is 2.11. The number of carbonyl (C=O) groups excluding carboxylic acids is 1. The van der Waals surface area contributed by atoms with Gasteiger partial charge in [0.1, 0.15) is 11.4 Å². The average molecular weight is 296 g/mol. The van der Waals surface area contributed by atoms with Gasteiger partial charge in [0.05, 0.1) is 11.3 Å². The summed E-state index contributed by atoms with van der Waals surface area (Å²) >= 11 is 0. The maximum atomic E-state index is 11.2. The zero-order chi connectivity index (χ0) is 15.7. The maximum absolute atomic E-state index is 11.2. The molecule has 3 aromatic rings. The van der Waals surface area contributed by atoms with Gasteiger partial charge in [-0.15, -0.1) is 0 Å². The minimum absolute atomic E-state index is 0.134. The Kier molecular flexibility index (Phi) is 3.27. The smallest absolute Gasteiger partial charge is 0.158 e. The van der Waals surface area contributed by atoms with Gasteiger partial charge in [-0.3, -0.25) is 4.79 Å². The fraction of sp³-hybridized carbons (Fsp3) is 0. The van der Waals surface area contributed by atoms with Crippen LogP contribution in [0, 0.1) is 0 Å². The van der Waals surface area contributed by atoms with Gasteiger partial charge in [-0.2, -0.15) is 5.10 Å². The highest BCUT2D eigenvalue weighted by Gasteiger charge is 2.13. The first-order valence-electron chi connectivity index (χ1n) is 6.45. The molecule has 3 N–H and O–H groups in total. The number of aromatic hydroxyl groups is 3. The quantitative estimate of drug-likeness (QED) is 0.509. The summed E-state index contributed by atoms with van der Waals surface area (Å²) in [5, 5.41) is 32.6. The van der Waals surface area contributed by atoms with Crippen LogP contribution in [0.15, 0.2) is 48.7 Å². The van der Waals surface area contributed by atoms with Crippen molar-refractivity contribution < 1.29 is 20.1 Å². The first-order valence-corrected chi connectivity index (χ1v) is 6.45. The zero-order valence-electron chi connectivity index (χ0n) is 11.3. The van der Waals surface area contributed by atoms with E-state index in [2.05, 4.69) is 5.10 Å². The Morgan fingerprint density at radius 1 is 0.955 bits per heavy atom. The largest absolute Gasteiger partial charge is 0.508 e. The highest BCUT2D eigenvalue weighted by molar-refractivity contribution is 5.86. The lowest BCUT2D eigenvalue weighted by Crippen LogP contribution is -1.94. The van der Waals surface area contributed by atoms with Crippen molar-refractivity contribution in [1.82, 2.24) is 9.78 Å². The van der Waals surface area contributed by atoms with Crippen LogP contribution in [0.25, 0.3) is 16.9 Å². The first kappa shape index (κ1) is 13.7. The van der Waals surface area contributed by atoms with E-state index in [1.54, 1.807) is 24.4 Å². The minimum Gasteiger partial charge on any atom is -0.508 e. The average Bonchev–Trinajstić information content (AvgIpc) is 2.95. The Balaban J connectivity index is 2.10. The van der Waals surface area contributed by atoms with Gasteiger partial charge in [0.25, 0.3) is 0 Å². The number of phenolic OH excluding ortho intramolecular Hbond substituents is 3. The third kappa shape index (κ3) is 2.37. The Morgan fingerprint density at radius 3 is 2.32 bits per heavy atom. The van der Waals surface area contributed by atoms with Gasteiger partial charge in [-0.05, 0) is 42.5 Å². The van der Waals surface area contributed by atoms with Crippen molar-refractivity contribution in [3.05, 3.63) is 54.2 Å². The van der Waals surface area contributed by atoms with Gasteiger partial charge in [-0.25, -0.2) is 4.68 Å². The summed E-state index contributed by atoms with van der Waals surface area (Å²) in [6.07, 6.45) is 2.22. The molecular formula is C16H12N2O4. The van der Waals surface area contributed by atoms with Crippen molar-refractivity contribution in [3.8, 4) is 34.2 Å². The van der Waals surface area contributed by atoms with Crippen LogP contribution >= 0.6 is 0 Å². The van der Waals surface area contributed by atoms with Gasteiger partial charge >= 0.3 is 0 Å². The molecule has 0 amide bonds. The highest BCUT2D eigenvalue weighted by atomic mass is 16.3. The molecule has 6 heteroatoms. The Labute approximate surface area is 125 Å². The van der Waals surface area contributed by atoms with E-state index >= 15 is 0 Å². The van der Waals surface area contributed by atoms with E-state index in [-0.39, 0.29) is 17.2 Å². The van der Waals surface area contributed by atoms with Crippen molar-refractivity contribution in [2.45, 2.75) is 0 Å². The summed E-state index contributed by atoms with van der Waals surface area (Å²) in [7, 11) is 0. The molecule has 0 aliphatic rings. The second kappa shape index (κ2) is 5.25. The molecule has 0 aliphatic heterocycles. The highest BCUT2D eigenvalue weighted by Crippen LogP contribution is 2.31. The Morgan fingerprint density at radius 2 is 1.68 bits per heavy atom. The summed E-state index contributed by atoms with van der Waals surface area (Å²) in [4.78, 5) is 11.2. The summed E-state index contributed by atoms with van der Waals surface area (Å²) < 4.78 is 1.50. The molecule has 0 bridgehead atoms. The van der Waals surface area contributed by atoms with Crippen molar-refractivity contribution >= 4 is 6.29 Å². The molecule has 2 aromatic carbocycles. The SMILES string of the molecule is O=Cc1cn(-c2ccc(O)cc2)nc1-c1ccc(O)c(O)c1. The Hall–Kier alpha value is -3.28. The van der Waals surface area contributed by atoms with Crippen LogP contribution in [0.1, 0.15) is 10.4 Å². The van der Waals surface area contributed by atoms with Gasteiger partial charge in [0.15, 0.2) is 17.8 Å². The second-order valence-corrected chi connectivity index (χ2v) is 4.72. The Bertz CT molecular complexity index is 838. The van der Waals surface area contributed by atoms with Crippen molar-refractivity contribution in [3.63, 3.8) is 0 Å². The van der Waals surface area contributed by atoms with Crippen LogP contribution in [0.2, 0.25) is 0 Å². The monoisotopic (exact) mass is 296 g/mol. The molecule has 0 spiro atoms. The van der Waals surface area contributed by atoms with E-state index in [4.69, 9.17) is 0 Å². The molecule has 110 valence electrons. The van der Waals surface area contributed by atoms with Gasteiger partial charge < -0.3 is 15.3 Å². The van der Waals surface area contributed by atoms with E-state index in [9.17, 15) is 20.1 Å². The van der Waals surface area contributed by atoms with Crippen LogP contribution in [0.3, 0.4) is 0 Å². The summed E-state index contributed by atoms with van der Waals surface area (Å²) in [5.41, 5.74) is 1.92. The lowest BCUT2D eigenvalue weighted by Gasteiger charge is -2.02. The number of hydrogen-bond donors (Lipinski definition) is 3. The fourth-order valence-electron chi connectivity index (χ4n) is 2.11. The molecule has 1 heterocycles. The molecule has 0 unspecified atom stereocenters. The molecule has 1 aromatic heterocycles. The van der Waals surface area contributed by atoms with Crippen molar-refractivity contribution in [2.75, 3.05) is 0 Å². The number of aromatic nitrogens is 2. The molecule has 22 heavy (non-hydrogen) atoms. The number of hydrogen-bond acceptors (Lipinski definition) is 5. The third-order valence-corrected chi connectivity index (χ3v) is 3.23. The van der Waals surface area contributed by atoms with Crippen LogP contribution < -0.4 is 0 Å². The normalized spacial score (nSPS) is 10.5. The van der Waals surface area contributed by atoms with Crippen LogP contribution in [-0.4, -0.2) is 31.4 Å². The van der Waals surface area contributed by atoms with E-state index < -0.39 is 0 Å². The molecule has 0 radical (unpaired) electrons. The topological polar surface area (TPSA) is 95.6 Å². The van der Waals surface area contributed by atoms with Crippen molar-refractivity contribution in [2.24, 2.45) is 0 Å². The van der Waals surface area contributed by atoms with Gasteiger partial charge in [-0.1, -0.05) is 0 Å². The van der Waals surface area contributed by atoms with Crippen LogP contribution in [-0.2, 0) is 0 Å². The molecule has 0 saturated heterocycles. The van der Waals surface area contributed by atoms with Gasteiger partial charge in [0.2, 0.25) is 0 Å². The van der Waals surface area contributed by atoms with E-state index in [0.29, 0.717) is 28.8 Å². The van der Waals surface area contributed by atoms with Crippen molar-refractivity contribution in [1.29, 1.82) is 0 Å². The summed E-state index contributed by atoms with van der Waals surface area (Å²) in [6.45, 7) is 0. The second-order valence-electron chi connectivity index (χ2n) is 4.72. The molecule has 0 atom stereocenters. The number of phenols is 3. The summed E-state index contributed by atoms with van der Waals surface area (Å²) in [6, 6.07) is 10.6. The maximum Gasteiger partial charge on any atom is 0.158 e. The number of aldehydes is 1. The third-order valence-electron chi connectivity index (χ3n) is 3.23. The van der Waals surface area contributed by atoms with E-state index in [1.165, 1.54) is 28.9 Å². The number of benzene rings is 2. The minimum atomic E-state index is -0.284. The van der Waals surface area contributed by atoms with Crippen LogP contribution in [0.5, 0.6) is 17.2 Å². The predicted octanol–water partition coefficient (Wildman–Crippen LogP) is 2.47. The van der Waals surface area contributed by atoms with Crippen LogP contribution in [0.4, 0.5) is 0 Å². The van der Waals surface area contributed by atoms with E-state index in [0.717, 1.165) is 0 Å². The first-order chi connectivity index (χ1) is 10.6. The molecule has 3 rings (SSSR count). The number of rotatable bonds is 3. The molecule has 0 saturated carbocycles. The number of nitrogens with zero attached hydrogens (tertiary/aromatic N) is 2. The lowest BCUT2D eigenvalue weighted by atomic mass is 10.1. The molecule has 0 fully saturated rings. The predicted molar refractivity (Wildman–Crippen MR) is 79.4 cm³/mol. The zero-order valence-corrected chi connectivity index (χ0v) is 11.3. The molecule has 0 aliphatic carbocycles. The molecule has 6 nitrogen and oxygen atoms in total. The van der Waals surface area contributed by atoms with E-state index in [1.807, 2.05) is 0 Å². The molecular weight excluding hydrogens is 284 g/mol. The van der Waals surface area contributed by atoms with Gasteiger partial charge in [0, 0.05) is 11.8 Å². The number of carbonyl (C=O) groups is 1.